The molecule has 2 amide bonds. The number of imide groups is 1. The van der Waals surface area contributed by atoms with Crippen LogP contribution in [0.5, 0.6) is 0 Å². The summed E-state index contributed by atoms with van der Waals surface area (Å²) in [4.78, 5) is 40.3. The van der Waals surface area contributed by atoms with Crippen molar-refractivity contribution >= 4 is 23.5 Å². The van der Waals surface area contributed by atoms with Crippen molar-refractivity contribution in [3.63, 3.8) is 0 Å². The van der Waals surface area contributed by atoms with E-state index in [2.05, 4.69) is 5.32 Å². The highest BCUT2D eigenvalue weighted by Gasteiger charge is 2.67. The summed E-state index contributed by atoms with van der Waals surface area (Å²) < 4.78 is 0. The fourth-order valence-corrected chi connectivity index (χ4v) is 4.83. The van der Waals surface area contributed by atoms with Gasteiger partial charge in [0.2, 0.25) is 11.8 Å². The summed E-state index contributed by atoms with van der Waals surface area (Å²) in [5.41, 5.74) is 2.89. The molecule has 2 heterocycles. The predicted octanol–water partition coefficient (Wildman–Crippen LogP) is 3.16. The number of carboxylic acid groups (broad SMARTS) is 1. The third kappa shape index (κ3) is 2.86. The third-order valence-electron chi connectivity index (χ3n) is 6.60. The Morgan fingerprint density at radius 2 is 1.77 bits per heavy atom. The number of aliphatic carboxylic acids is 1. The number of nitrogens with one attached hydrogen (secondary N) is 1. The molecule has 2 aliphatic heterocycles. The van der Waals surface area contributed by atoms with Gasteiger partial charge in [0.05, 0.1) is 17.5 Å². The van der Waals surface area contributed by atoms with Crippen LogP contribution in [0.15, 0.2) is 42.5 Å². The number of rotatable bonds is 4. The van der Waals surface area contributed by atoms with E-state index in [1.165, 1.54) is 11.8 Å². The lowest BCUT2D eigenvalue weighted by atomic mass is 9.80. The average Bonchev–Trinajstić information content (AvgIpc) is 3.18. The van der Waals surface area contributed by atoms with Gasteiger partial charge < -0.3 is 5.11 Å². The minimum atomic E-state index is -1.53. The minimum Gasteiger partial charge on any atom is -0.480 e. The number of carbonyl (C=O) groups excluding carboxylic acids is 2. The zero-order valence-electron chi connectivity index (χ0n) is 17.6. The molecule has 156 valence electrons. The van der Waals surface area contributed by atoms with Gasteiger partial charge in [-0.15, -0.1) is 0 Å². The normalized spacial score (nSPS) is 28.1. The molecule has 0 aliphatic carbocycles. The lowest BCUT2D eigenvalue weighted by Gasteiger charge is -2.28. The summed E-state index contributed by atoms with van der Waals surface area (Å²) in [7, 11) is 0. The van der Waals surface area contributed by atoms with Crippen molar-refractivity contribution in [1.82, 2.24) is 5.32 Å². The molecule has 2 aliphatic rings. The van der Waals surface area contributed by atoms with E-state index in [1.54, 1.807) is 12.1 Å². The molecule has 6 nitrogen and oxygen atoms in total. The van der Waals surface area contributed by atoms with Crippen molar-refractivity contribution in [2.45, 2.75) is 45.7 Å². The number of hydrogen-bond acceptors (Lipinski definition) is 4. The van der Waals surface area contributed by atoms with E-state index in [1.807, 2.05) is 51.1 Å². The summed E-state index contributed by atoms with van der Waals surface area (Å²) in [6.45, 7) is 7.43. The average molecular weight is 406 g/mol. The number of benzene rings is 2. The maximum absolute atomic E-state index is 13.5. The van der Waals surface area contributed by atoms with Gasteiger partial charge in [-0.25, -0.2) is 4.90 Å². The van der Waals surface area contributed by atoms with Gasteiger partial charge >= 0.3 is 5.97 Å². The van der Waals surface area contributed by atoms with E-state index in [9.17, 15) is 19.5 Å². The van der Waals surface area contributed by atoms with Crippen LogP contribution in [0.1, 0.15) is 42.1 Å². The van der Waals surface area contributed by atoms with E-state index in [0.29, 0.717) is 5.69 Å². The first kappa shape index (κ1) is 20.3. The van der Waals surface area contributed by atoms with Crippen LogP contribution in [-0.2, 0) is 20.8 Å². The molecule has 4 atom stereocenters. The summed E-state index contributed by atoms with van der Waals surface area (Å²) in [6.07, 6.45) is 0.850. The number of carbonyl (C=O) groups is 3. The Morgan fingerprint density at radius 3 is 2.37 bits per heavy atom. The first-order chi connectivity index (χ1) is 14.2. The van der Waals surface area contributed by atoms with Crippen LogP contribution in [0, 0.1) is 25.7 Å². The number of nitrogens with zero attached hydrogens (tertiary/aromatic N) is 1. The van der Waals surface area contributed by atoms with Crippen LogP contribution in [-0.4, -0.2) is 28.4 Å². The highest BCUT2D eigenvalue weighted by Crippen LogP contribution is 2.50. The maximum atomic E-state index is 13.5. The number of anilines is 1. The molecule has 4 unspecified atom stereocenters. The maximum Gasteiger partial charge on any atom is 0.324 e. The van der Waals surface area contributed by atoms with Crippen LogP contribution in [0.3, 0.4) is 0 Å². The Hall–Kier alpha value is -2.99. The molecular formula is C24H26N2O4. The van der Waals surface area contributed by atoms with Crippen LogP contribution < -0.4 is 10.2 Å². The van der Waals surface area contributed by atoms with Gasteiger partial charge in [-0.3, -0.25) is 19.7 Å². The summed E-state index contributed by atoms with van der Waals surface area (Å²) in [6, 6.07) is 12.6. The fourth-order valence-electron chi connectivity index (χ4n) is 4.83. The molecule has 2 aromatic carbocycles. The lowest BCUT2D eigenvalue weighted by Crippen LogP contribution is -2.53. The largest absolute Gasteiger partial charge is 0.480 e. The molecule has 2 aromatic rings. The Kier molecular flexibility index (Phi) is 4.77. The third-order valence-corrected chi connectivity index (χ3v) is 6.60. The second kappa shape index (κ2) is 7.06. The standard InChI is InChI=1S/C24H26N2O4/c1-5-15-8-10-16(11-9-15)26-21(27)18-19(22(26)28)24(4,23(29)30)25-20(18)17-12-13(2)6-7-14(17)3/h6-12,18-20,25H,5H2,1-4H3,(H,29,30). The zero-order valence-corrected chi connectivity index (χ0v) is 17.6. The summed E-state index contributed by atoms with van der Waals surface area (Å²) in [5, 5.41) is 13.1. The van der Waals surface area contributed by atoms with Crippen LogP contribution in [0.4, 0.5) is 5.69 Å². The molecule has 0 radical (unpaired) electrons. The Balaban J connectivity index is 1.83. The second-order valence-corrected chi connectivity index (χ2v) is 8.52. The Morgan fingerprint density at radius 1 is 1.10 bits per heavy atom. The van der Waals surface area contributed by atoms with Gasteiger partial charge in [0, 0.05) is 6.04 Å². The van der Waals surface area contributed by atoms with Gasteiger partial charge in [-0.05, 0) is 56.0 Å². The Labute approximate surface area is 175 Å². The van der Waals surface area contributed by atoms with Crippen LogP contribution in [0.25, 0.3) is 0 Å². The van der Waals surface area contributed by atoms with Crippen LogP contribution in [0.2, 0.25) is 0 Å². The van der Waals surface area contributed by atoms with E-state index < -0.39 is 35.3 Å². The first-order valence-corrected chi connectivity index (χ1v) is 10.2. The highest BCUT2D eigenvalue weighted by atomic mass is 16.4. The van der Waals surface area contributed by atoms with Gasteiger partial charge in [-0.1, -0.05) is 42.8 Å². The topological polar surface area (TPSA) is 86.7 Å². The van der Waals surface area contributed by atoms with Gasteiger partial charge in [0.1, 0.15) is 5.54 Å². The quantitative estimate of drug-likeness (QED) is 0.762. The Bertz CT molecular complexity index is 1050. The van der Waals surface area contributed by atoms with E-state index in [-0.39, 0.29) is 5.91 Å². The molecule has 0 spiro atoms. The number of hydrogen-bond donors (Lipinski definition) is 2. The van der Waals surface area contributed by atoms with Crippen molar-refractivity contribution in [3.8, 4) is 0 Å². The fraction of sp³-hybridized carbons (Fsp3) is 0.375. The number of carboxylic acids is 1. The number of aryl methyl sites for hydroxylation is 3. The van der Waals surface area contributed by atoms with E-state index in [0.717, 1.165) is 28.7 Å². The molecular weight excluding hydrogens is 380 g/mol. The van der Waals surface area contributed by atoms with Crippen LogP contribution >= 0.6 is 0 Å². The monoisotopic (exact) mass is 406 g/mol. The van der Waals surface area contributed by atoms with Gasteiger partial charge in [0.25, 0.3) is 0 Å². The zero-order chi connectivity index (χ0) is 21.8. The number of amides is 2. The molecule has 0 saturated carbocycles. The molecule has 6 heteroatoms. The van der Waals surface area contributed by atoms with Crippen molar-refractivity contribution in [2.75, 3.05) is 4.90 Å². The van der Waals surface area contributed by atoms with Crippen molar-refractivity contribution in [1.29, 1.82) is 0 Å². The van der Waals surface area contributed by atoms with Gasteiger partial charge in [0.15, 0.2) is 0 Å². The number of fused-ring (bicyclic) bond motifs is 1. The molecule has 4 rings (SSSR count). The molecule has 0 bridgehead atoms. The second-order valence-electron chi connectivity index (χ2n) is 8.52. The molecule has 2 N–H and O–H groups in total. The molecule has 30 heavy (non-hydrogen) atoms. The molecule has 0 aromatic heterocycles. The SMILES string of the molecule is CCc1ccc(N2C(=O)C3C(c4cc(C)ccc4C)NC(C)(C(=O)O)C3C2=O)cc1. The smallest absolute Gasteiger partial charge is 0.324 e. The van der Waals surface area contributed by atoms with Crippen molar-refractivity contribution in [3.05, 3.63) is 64.7 Å². The first-order valence-electron chi connectivity index (χ1n) is 10.2. The summed E-state index contributed by atoms with van der Waals surface area (Å²) >= 11 is 0. The van der Waals surface area contributed by atoms with Crippen molar-refractivity contribution < 1.29 is 19.5 Å². The summed E-state index contributed by atoms with van der Waals surface area (Å²) in [5.74, 6) is -3.69. The van der Waals surface area contributed by atoms with E-state index in [4.69, 9.17) is 0 Å². The minimum absolute atomic E-state index is 0.349. The van der Waals surface area contributed by atoms with Crippen molar-refractivity contribution in [2.24, 2.45) is 11.8 Å². The van der Waals surface area contributed by atoms with Gasteiger partial charge in [-0.2, -0.15) is 0 Å². The molecule has 2 saturated heterocycles. The highest BCUT2D eigenvalue weighted by molar-refractivity contribution is 6.24. The molecule has 2 fully saturated rings. The lowest BCUT2D eigenvalue weighted by molar-refractivity contribution is -0.147. The van der Waals surface area contributed by atoms with E-state index >= 15 is 0 Å². The predicted molar refractivity (Wildman–Crippen MR) is 113 cm³/mol.